The zero-order valence-electron chi connectivity index (χ0n) is 12.1. The first-order valence-corrected chi connectivity index (χ1v) is 6.30. The number of likely N-dealkylation sites (N-methyl/N-ethyl adjacent to an activating group) is 2. The molecule has 8 heteroatoms. The van der Waals surface area contributed by atoms with Crippen molar-refractivity contribution in [1.82, 2.24) is 30.0 Å². The van der Waals surface area contributed by atoms with E-state index >= 15 is 0 Å². The normalized spacial score (nSPS) is 11.1. The lowest BCUT2D eigenvalue weighted by Gasteiger charge is -2.15. The molecule has 0 saturated carbocycles. The Morgan fingerprint density at radius 3 is 2.80 bits per heavy atom. The van der Waals surface area contributed by atoms with Crippen LogP contribution in [0.2, 0.25) is 0 Å². The number of aryl methyl sites for hydroxylation is 1. The molecular formula is C12H19N7O. The molecule has 0 fully saturated rings. The first-order chi connectivity index (χ1) is 9.55. The van der Waals surface area contributed by atoms with Gasteiger partial charge in [-0.1, -0.05) is 0 Å². The Labute approximate surface area is 117 Å². The van der Waals surface area contributed by atoms with Gasteiger partial charge in [0, 0.05) is 21.1 Å². The smallest absolute Gasteiger partial charge is 0.233 e. The Morgan fingerprint density at radius 2 is 2.15 bits per heavy atom. The van der Waals surface area contributed by atoms with Crippen LogP contribution in [0.3, 0.4) is 0 Å². The molecule has 2 heterocycles. The third-order valence-electron chi connectivity index (χ3n) is 2.98. The van der Waals surface area contributed by atoms with Crippen molar-refractivity contribution < 1.29 is 4.79 Å². The Kier molecular flexibility index (Phi) is 4.14. The van der Waals surface area contributed by atoms with E-state index in [4.69, 9.17) is 0 Å². The van der Waals surface area contributed by atoms with Gasteiger partial charge < -0.3 is 10.6 Å². The van der Waals surface area contributed by atoms with Gasteiger partial charge in [0.15, 0.2) is 5.65 Å². The highest BCUT2D eigenvalue weighted by molar-refractivity contribution is 5.86. The van der Waals surface area contributed by atoms with E-state index in [-0.39, 0.29) is 5.91 Å². The Bertz CT molecular complexity index is 622. The molecule has 108 valence electrons. The Hall–Kier alpha value is -2.22. The minimum atomic E-state index is -0.0389. The van der Waals surface area contributed by atoms with Crippen LogP contribution in [-0.2, 0) is 18.4 Å². The number of aromatic nitrogens is 4. The maximum absolute atomic E-state index is 11.3. The molecule has 20 heavy (non-hydrogen) atoms. The lowest BCUT2D eigenvalue weighted by Crippen LogP contribution is -2.33. The van der Waals surface area contributed by atoms with E-state index in [1.807, 2.05) is 26.0 Å². The van der Waals surface area contributed by atoms with Gasteiger partial charge in [-0.25, -0.2) is 9.97 Å². The minimum Gasteiger partial charge on any atom is -0.372 e. The summed E-state index contributed by atoms with van der Waals surface area (Å²) in [6.07, 6.45) is 1.74. The molecule has 0 spiro atoms. The molecule has 0 aliphatic heterocycles. The third kappa shape index (κ3) is 2.85. The summed E-state index contributed by atoms with van der Waals surface area (Å²) in [5.41, 5.74) is 0.771. The zero-order valence-corrected chi connectivity index (χ0v) is 12.1. The topological polar surface area (TPSA) is 88.0 Å². The molecule has 2 aromatic heterocycles. The van der Waals surface area contributed by atoms with E-state index in [0.29, 0.717) is 18.9 Å². The van der Waals surface area contributed by atoms with Gasteiger partial charge in [0.05, 0.1) is 24.7 Å². The van der Waals surface area contributed by atoms with Crippen molar-refractivity contribution in [3.05, 3.63) is 12.0 Å². The van der Waals surface area contributed by atoms with Crippen LogP contribution < -0.4 is 10.6 Å². The van der Waals surface area contributed by atoms with Crippen molar-refractivity contribution in [3.63, 3.8) is 0 Å². The van der Waals surface area contributed by atoms with Crippen molar-refractivity contribution in [1.29, 1.82) is 0 Å². The van der Waals surface area contributed by atoms with Crippen LogP contribution in [-0.4, -0.2) is 58.2 Å². The van der Waals surface area contributed by atoms with E-state index in [1.165, 1.54) is 0 Å². The molecule has 2 rings (SSSR count). The summed E-state index contributed by atoms with van der Waals surface area (Å²) >= 11 is 0. The molecule has 0 bridgehead atoms. The SMILES string of the molecule is CNC(=O)CN(C)Cc1nc(NC)c2cnn(C)c2n1. The van der Waals surface area contributed by atoms with Gasteiger partial charge in [-0.05, 0) is 7.05 Å². The van der Waals surface area contributed by atoms with Gasteiger partial charge in [-0.15, -0.1) is 0 Å². The second-order valence-electron chi connectivity index (χ2n) is 4.59. The highest BCUT2D eigenvalue weighted by atomic mass is 16.1. The van der Waals surface area contributed by atoms with Gasteiger partial charge in [0.25, 0.3) is 0 Å². The van der Waals surface area contributed by atoms with Crippen LogP contribution in [0.1, 0.15) is 5.82 Å². The van der Waals surface area contributed by atoms with E-state index in [0.717, 1.165) is 16.9 Å². The first-order valence-electron chi connectivity index (χ1n) is 6.30. The second kappa shape index (κ2) is 5.83. The minimum absolute atomic E-state index is 0.0389. The number of nitrogens with one attached hydrogen (secondary N) is 2. The van der Waals surface area contributed by atoms with Gasteiger partial charge in [0.1, 0.15) is 11.6 Å². The molecule has 2 N–H and O–H groups in total. The average molecular weight is 277 g/mol. The second-order valence-corrected chi connectivity index (χ2v) is 4.59. The van der Waals surface area contributed by atoms with Crippen molar-refractivity contribution >= 4 is 22.8 Å². The van der Waals surface area contributed by atoms with Gasteiger partial charge in [-0.2, -0.15) is 5.10 Å². The van der Waals surface area contributed by atoms with Crippen LogP contribution in [0, 0.1) is 0 Å². The molecular weight excluding hydrogens is 258 g/mol. The Balaban J connectivity index is 2.26. The molecule has 0 aliphatic carbocycles. The van der Waals surface area contributed by atoms with Crippen LogP contribution in [0.5, 0.6) is 0 Å². The summed E-state index contributed by atoms with van der Waals surface area (Å²) in [5.74, 6) is 1.35. The summed E-state index contributed by atoms with van der Waals surface area (Å²) in [6, 6.07) is 0. The first kappa shape index (κ1) is 14.2. The zero-order chi connectivity index (χ0) is 14.7. The number of carbonyl (C=O) groups is 1. The molecule has 2 aromatic rings. The standard InChI is InChI=1S/C12H19N7O/c1-13-10(20)7-18(3)6-9-16-11(14-2)8-5-15-19(4)12(8)17-9/h5H,6-7H2,1-4H3,(H,13,20)(H,14,16,17). The van der Waals surface area contributed by atoms with E-state index in [2.05, 4.69) is 25.7 Å². The lowest BCUT2D eigenvalue weighted by molar-refractivity contribution is -0.121. The number of nitrogens with zero attached hydrogens (tertiary/aromatic N) is 5. The summed E-state index contributed by atoms with van der Waals surface area (Å²) in [5, 5.41) is 10.7. The lowest BCUT2D eigenvalue weighted by atomic mass is 10.3. The highest BCUT2D eigenvalue weighted by Gasteiger charge is 2.13. The molecule has 0 radical (unpaired) electrons. The quantitative estimate of drug-likeness (QED) is 0.772. The van der Waals surface area contributed by atoms with Crippen LogP contribution in [0.25, 0.3) is 11.0 Å². The van der Waals surface area contributed by atoms with Crippen molar-refractivity contribution in [2.75, 3.05) is 33.0 Å². The van der Waals surface area contributed by atoms with Crippen molar-refractivity contribution in [3.8, 4) is 0 Å². The largest absolute Gasteiger partial charge is 0.372 e. The number of hydrogen-bond acceptors (Lipinski definition) is 6. The molecule has 0 aliphatic rings. The summed E-state index contributed by atoms with van der Waals surface area (Å²) in [4.78, 5) is 22.1. The maximum atomic E-state index is 11.3. The molecule has 0 aromatic carbocycles. The fraction of sp³-hybridized carbons (Fsp3) is 0.500. The van der Waals surface area contributed by atoms with E-state index in [9.17, 15) is 4.79 Å². The number of rotatable bonds is 5. The van der Waals surface area contributed by atoms with Crippen LogP contribution >= 0.6 is 0 Å². The Morgan fingerprint density at radius 1 is 1.40 bits per heavy atom. The predicted molar refractivity (Wildman–Crippen MR) is 76.3 cm³/mol. The predicted octanol–water partition coefficient (Wildman–Crippen LogP) is -0.417. The molecule has 0 unspecified atom stereocenters. The van der Waals surface area contributed by atoms with Crippen LogP contribution in [0.4, 0.5) is 5.82 Å². The highest BCUT2D eigenvalue weighted by Crippen LogP contribution is 2.19. The summed E-state index contributed by atoms with van der Waals surface area (Å²) in [7, 11) is 7.12. The molecule has 8 nitrogen and oxygen atoms in total. The van der Waals surface area contributed by atoms with Gasteiger partial charge in [0.2, 0.25) is 5.91 Å². The molecule has 1 amide bonds. The number of carbonyl (C=O) groups excluding carboxylic acids is 1. The molecule has 0 saturated heterocycles. The average Bonchev–Trinajstić information content (AvgIpc) is 2.79. The fourth-order valence-electron chi connectivity index (χ4n) is 1.95. The van der Waals surface area contributed by atoms with Crippen LogP contribution in [0.15, 0.2) is 6.20 Å². The summed E-state index contributed by atoms with van der Waals surface area (Å²) in [6.45, 7) is 0.793. The third-order valence-corrected chi connectivity index (χ3v) is 2.98. The summed E-state index contributed by atoms with van der Waals surface area (Å²) < 4.78 is 1.71. The fourth-order valence-corrected chi connectivity index (χ4v) is 1.95. The monoisotopic (exact) mass is 277 g/mol. The van der Waals surface area contributed by atoms with E-state index in [1.54, 1.807) is 17.9 Å². The number of hydrogen-bond donors (Lipinski definition) is 2. The number of fused-ring (bicyclic) bond motifs is 1. The van der Waals surface area contributed by atoms with Gasteiger partial charge >= 0.3 is 0 Å². The van der Waals surface area contributed by atoms with Crippen molar-refractivity contribution in [2.24, 2.45) is 7.05 Å². The number of amides is 1. The van der Waals surface area contributed by atoms with Crippen molar-refractivity contribution in [2.45, 2.75) is 6.54 Å². The van der Waals surface area contributed by atoms with E-state index < -0.39 is 0 Å². The number of anilines is 1. The van der Waals surface area contributed by atoms with Gasteiger partial charge in [-0.3, -0.25) is 14.4 Å². The molecule has 0 atom stereocenters. The maximum Gasteiger partial charge on any atom is 0.233 e.